The summed E-state index contributed by atoms with van der Waals surface area (Å²) in [6, 6.07) is 5.84. The monoisotopic (exact) mass is 251 g/mol. The zero-order valence-corrected chi connectivity index (χ0v) is 10.5. The Morgan fingerprint density at radius 3 is 2.88 bits per heavy atom. The second kappa shape index (κ2) is 5.20. The molecule has 0 fully saturated rings. The molecule has 0 aliphatic heterocycles. The van der Waals surface area contributed by atoms with Crippen molar-refractivity contribution in [3.8, 4) is 17.1 Å². The van der Waals surface area contributed by atoms with Gasteiger partial charge < -0.3 is 15.0 Å². The predicted molar refractivity (Wildman–Crippen MR) is 66.0 cm³/mol. The summed E-state index contributed by atoms with van der Waals surface area (Å²) in [7, 11) is 1.61. The first-order chi connectivity index (χ1) is 8.28. The summed E-state index contributed by atoms with van der Waals surface area (Å²) >= 11 is 1.64. The van der Waals surface area contributed by atoms with Crippen LogP contribution in [0.4, 0.5) is 0 Å². The molecule has 5 nitrogen and oxygen atoms in total. The molecule has 0 saturated carbocycles. The smallest absolute Gasteiger partial charge is 0.240 e. The number of rotatable bonds is 4. The normalized spacial score (nSPS) is 10.5. The number of hydrogen-bond acceptors (Lipinski definition) is 6. The molecule has 0 radical (unpaired) electrons. The van der Waals surface area contributed by atoms with Crippen LogP contribution in [0.3, 0.4) is 0 Å². The molecule has 0 unspecified atom stereocenters. The molecule has 0 amide bonds. The molecule has 0 bridgehead atoms. The SMILES string of the molecule is COc1ccc(SC)cc1-c1noc(CN)n1. The molecule has 0 aliphatic rings. The highest BCUT2D eigenvalue weighted by molar-refractivity contribution is 7.98. The van der Waals surface area contributed by atoms with Crippen molar-refractivity contribution in [1.29, 1.82) is 0 Å². The van der Waals surface area contributed by atoms with Crippen molar-refractivity contribution in [2.75, 3.05) is 13.4 Å². The molecule has 1 heterocycles. The predicted octanol–water partition coefficient (Wildman–Crippen LogP) is 1.93. The zero-order valence-electron chi connectivity index (χ0n) is 9.64. The summed E-state index contributed by atoms with van der Waals surface area (Å²) < 4.78 is 10.3. The van der Waals surface area contributed by atoms with Crippen LogP contribution >= 0.6 is 11.8 Å². The quantitative estimate of drug-likeness (QED) is 0.837. The van der Waals surface area contributed by atoms with E-state index in [0.717, 1.165) is 10.5 Å². The highest BCUT2D eigenvalue weighted by atomic mass is 32.2. The van der Waals surface area contributed by atoms with Gasteiger partial charge in [-0.15, -0.1) is 11.8 Å². The minimum Gasteiger partial charge on any atom is -0.496 e. The Morgan fingerprint density at radius 1 is 1.47 bits per heavy atom. The highest BCUT2D eigenvalue weighted by Gasteiger charge is 2.13. The van der Waals surface area contributed by atoms with Gasteiger partial charge in [0.2, 0.25) is 11.7 Å². The van der Waals surface area contributed by atoms with E-state index >= 15 is 0 Å². The van der Waals surface area contributed by atoms with Crippen LogP contribution in [0.15, 0.2) is 27.6 Å². The van der Waals surface area contributed by atoms with Crippen molar-refractivity contribution < 1.29 is 9.26 Å². The van der Waals surface area contributed by atoms with E-state index in [4.69, 9.17) is 15.0 Å². The van der Waals surface area contributed by atoms with Gasteiger partial charge in [0, 0.05) is 4.90 Å². The molecule has 1 aromatic heterocycles. The lowest BCUT2D eigenvalue weighted by molar-refractivity contribution is 0.380. The summed E-state index contributed by atoms with van der Waals surface area (Å²) in [5, 5.41) is 3.89. The van der Waals surface area contributed by atoms with Crippen molar-refractivity contribution in [3.05, 3.63) is 24.1 Å². The number of benzene rings is 1. The average Bonchev–Trinajstić information content (AvgIpc) is 2.86. The minimum absolute atomic E-state index is 0.234. The van der Waals surface area contributed by atoms with Gasteiger partial charge in [-0.05, 0) is 24.5 Å². The van der Waals surface area contributed by atoms with Crippen LogP contribution in [0.5, 0.6) is 5.75 Å². The van der Waals surface area contributed by atoms with Gasteiger partial charge in [0.15, 0.2) is 0 Å². The molecule has 2 aromatic rings. The van der Waals surface area contributed by atoms with Gasteiger partial charge in [-0.25, -0.2) is 0 Å². The van der Waals surface area contributed by atoms with Gasteiger partial charge in [-0.1, -0.05) is 5.16 Å². The van der Waals surface area contributed by atoms with Gasteiger partial charge in [-0.3, -0.25) is 0 Å². The average molecular weight is 251 g/mol. The van der Waals surface area contributed by atoms with Crippen LogP contribution in [-0.2, 0) is 6.54 Å². The molecule has 0 saturated heterocycles. The summed E-state index contributed by atoms with van der Waals surface area (Å²) in [6.07, 6.45) is 2.01. The van der Waals surface area contributed by atoms with Crippen LogP contribution in [-0.4, -0.2) is 23.5 Å². The second-order valence-electron chi connectivity index (χ2n) is 3.28. The van der Waals surface area contributed by atoms with E-state index in [9.17, 15) is 0 Å². The van der Waals surface area contributed by atoms with Crippen molar-refractivity contribution in [2.45, 2.75) is 11.4 Å². The van der Waals surface area contributed by atoms with E-state index in [-0.39, 0.29) is 6.54 Å². The first-order valence-electron chi connectivity index (χ1n) is 5.03. The molecular weight excluding hydrogens is 238 g/mol. The third-order valence-electron chi connectivity index (χ3n) is 2.29. The number of nitrogens with two attached hydrogens (primary N) is 1. The van der Waals surface area contributed by atoms with E-state index < -0.39 is 0 Å². The standard InChI is InChI=1S/C11H13N3O2S/c1-15-9-4-3-7(17-2)5-8(9)11-13-10(6-12)16-14-11/h3-5H,6,12H2,1-2H3. The molecule has 0 aliphatic carbocycles. The minimum atomic E-state index is 0.234. The number of hydrogen-bond donors (Lipinski definition) is 1. The maximum atomic E-state index is 5.44. The lowest BCUT2D eigenvalue weighted by atomic mass is 10.2. The Labute approximate surface area is 103 Å². The summed E-state index contributed by atoms with van der Waals surface area (Å²) in [6.45, 7) is 0.234. The number of thioether (sulfide) groups is 1. The number of methoxy groups -OCH3 is 1. The Bertz CT molecular complexity index is 513. The molecule has 1 aromatic carbocycles. The van der Waals surface area contributed by atoms with Gasteiger partial charge in [0.25, 0.3) is 0 Å². The van der Waals surface area contributed by atoms with Crippen LogP contribution in [0.2, 0.25) is 0 Å². The molecule has 2 N–H and O–H groups in total. The fraction of sp³-hybridized carbons (Fsp3) is 0.273. The van der Waals surface area contributed by atoms with E-state index in [0.29, 0.717) is 17.5 Å². The Hall–Kier alpha value is -1.53. The van der Waals surface area contributed by atoms with Gasteiger partial charge >= 0.3 is 0 Å². The zero-order chi connectivity index (χ0) is 12.3. The maximum Gasteiger partial charge on any atom is 0.240 e. The third-order valence-corrected chi connectivity index (χ3v) is 3.02. The molecule has 0 spiro atoms. The third kappa shape index (κ3) is 2.42. The first kappa shape index (κ1) is 11.9. The van der Waals surface area contributed by atoms with Gasteiger partial charge in [-0.2, -0.15) is 4.98 Å². The lowest BCUT2D eigenvalue weighted by Crippen LogP contribution is -1.96. The van der Waals surface area contributed by atoms with Gasteiger partial charge in [0.1, 0.15) is 5.75 Å². The first-order valence-corrected chi connectivity index (χ1v) is 6.26. The molecule has 17 heavy (non-hydrogen) atoms. The van der Waals surface area contributed by atoms with Crippen molar-refractivity contribution in [3.63, 3.8) is 0 Å². The Kier molecular flexibility index (Phi) is 3.65. The van der Waals surface area contributed by atoms with Crippen LogP contribution in [0.25, 0.3) is 11.4 Å². The van der Waals surface area contributed by atoms with Crippen LogP contribution in [0.1, 0.15) is 5.89 Å². The largest absolute Gasteiger partial charge is 0.496 e. The molecule has 0 atom stereocenters. The fourth-order valence-electron chi connectivity index (χ4n) is 1.44. The van der Waals surface area contributed by atoms with Crippen molar-refractivity contribution in [1.82, 2.24) is 10.1 Å². The lowest BCUT2D eigenvalue weighted by Gasteiger charge is -2.06. The number of aromatic nitrogens is 2. The van der Waals surface area contributed by atoms with E-state index in [1.165, 1.54) is 0 Å². The van der Waals surface area contributed by atoms with E-state index in [1.807, 2.05) is 24.5 Å². The van der Waals surface area contributed by atoms with Gasteiger partial charge in [0.05, 0.1) is 19.2 Å². The Balaban J connectivity index is 2.47. The molecule has 6 heteroatoms. The topological polar surface area (TPSA) is 74.2 Å². The van der Waals surface area contributed by atoms with E-state index in [1.54, 1.807) is 18.9 Å². The fourth-order valence-corrected chi connectivity index (χ4v) is 1.88. The summed E-state index contributed by atoms with van der Waals surface area (Å²) in [5.74, 6) is 1.63. The Morgan fingerprint density at radius 2 is 2.29 bits per heavy atom. The van der Waals surface area contributed by atoms with Crippen LogP contribution in [0, 0.1) is 0 Å². The molecule has 2 rings (SSSR count). The summed E-state index contributed by atoms with van der Waals surface area (Å²) in [4.78, 5) is 5.30. The van der Waals surface area contributed by atoms with Crippen molar-refractivity contribution in [2.24, 2.45) is 5.73 Å². The number of nitrogens with zero attached hydrogens (tertiary/aromatic N) is 2. The highest BCUT2D eigenvalue weighted by Crippen LogP contribution is 2.31. The van der Waals surface area contributed by atoms with Crippen molar-refractivity contribution >= 4 is 11.8 Å². The summed E-state index contributed by atoms with van der Waals surface area (Å²) in [5.41, 5.74) is 6.24. The number of ether oxygens (including phenoxy) is 1. The maximum absolute atomic E-state index is 5.44. The van der Waals surface area contributed by atoms with E-state index in [2.05, 4.69) is 10.1 Å². The molecular formula is C11H13N3O2S. The van der Waals surface area contributed by atoms with Crippen LogP contribution < -0.4 is 10.5 Å². The molecule has 90 valence electrons. The second-order valence-corrected chi connectivity index (χ2v) is 4.16.